The third-order valence-corrected chi connectivity index (χ3v) is 5.68. The van der Waals surface area contributed by atoms with E-state index >= 15 is 0 Å². The predicted molar refractivity (Wildman–Crippen MR) is 82.4 cm³/mol. The molecule has 1 heterocycles. The number of nitrogens with one attached hydrogen (secondary N) is 1. The van der Waals surface area contributed by atoms with Gasteiger partial charge < -0.3 is 10.4 Å². The highest BCUT2D eigenvalue weighted by molar-refractivity contribution is 7.99. The van der Waals surface area contributed by atoms with E-state index in [1.807, 2.05) is 12.1 Å². The zero-order valence-electron chi connectivity index (χ0n) is 10.8. The molecule has 20 heavy (non-hydrogen) atoms. The summed E-state index contributed by atoms with van der Waals surface area (Å²) in [4.78, 5) is 24.0. The first-order valence-corrected chi connectivity index (χ1v) is 8.75. The largest absolute Gasteiger partial charge is 0.481 e. The van der Waals surface area contributed by atoms with Gasteiger partial charge in [0.25, 0.3) is 0 Å². The van der Waals surface area contributed by atoms with Crippen LogP contribution in [-0.4, -0.2) is 28.8 Å². The molecule has 1 aromatic heterocycles. The molecule has 2 unspecified atom stereocenters. The molecule has 0 spiro atoms. The van der Waals surface area contributed by atoms with Gasteiger partial charge in [0, 0.05) is 16.7 Å². The molecule has 2 rings (SSSR count). The van der Waals surface area contributed by atoms with Gasteiger partial charge in [-0.25, -0.2) is 0 Å². The fraction of sp³-hybridized carbons (Fsp3) is 0.538. The lowest BCUT2D eigenvalue weighted by Crippen LogP contribution is -2.41. The molecule has 0 aromatic carbocycles. The first-order chi connectivity index (χ1) is 9.56. The molecule has 7 heteroatoms. The van der Waals surface area contributed by atoms with Gasteiger partial charge in [0.05, 0.1) is 16.0 Å². The summed E-state index contributed by atoms with van der Waals surface area (Å²) in [6.45, 7) is 0. The highest BCUT2D eigenvalue weighted by Gasteiger charge is 2.33. The van der Waals surface area contributed by atoms with Crippen LogP contribution in [0.15, 0.2) is 12.1 Å². The third-order valence-electron chi connectivity index (χ3n) is 3.29. The number of carbonyl (C=O) groups is 2. The molecule has 1 saturated carbocycles. The Morgan fingerprint density at radius 1 is 1.45 bits per heavy atom. The SMILES string of the molecule is O=C(CSCc1ccc(Cl)s1)NC1CCCC1C(=O)O. The Hall–Kier alpha value is -0.720. The molecule has 1 amide bonds. The maximum Gasteiger partial charge on any atom is 0.308 e. The summed E-state index contributed by atoms with van der Waals surface area (Å²) in [5.74, 6) is -0.236. The Labute approximate surface area is 130 Å². The average molecular weight is 334 g/mol. The summed E-state index contributed by atoms with van der Waals surface area (Å²) in [6.07, 6.45) is 2.28. The van der Waals surface area contributed by atoms with E-state index in [-0.39, 0.29) is 11.9 Å². The van der Waals surface area contributed by atoms with Gasteiger partial charge in [-0.2, -0.15) is 0 Å². The van der Waals surface area contributed by atoms with Gasteiger partial charge >= 0.3 is 5.97 Å². The second-order valence-electron chi connectivity index (χ2n) is 4.75. The molecule has 2 N–H and O–H groups in total. The van der Waals surface area contributed by atoms with Crippen LogP contribution in [0.5, 0.6) is 0 Å². The van der Waals surface area contributed by atoms with Crippen molar-refractivity contribution >= 4 is 46.6 Å². The van der Waals surface area contributed by atoms with Crippen LogP contribution in [0.2, 0.25) is 4.34 Å². The van der Waals surface area contributed by atoms with Gasteiger partial charge in [-0.3, -0.25) is 9.59 Å². The van der Waals surface area contributed by atoms with E-state index < -0.39 is 11.9 Å². The van der Waals surface area contributed by atoms with Crippen LogP contribution in [0, 0.1) is 5.92 Å². The summed E-state index contributed by atoms with van der Waals surface area (Å²) < 4.78 is 0.750. The quantitative estimate of drug-likeness (QED) is 0.839. The smallest absolute Gasteiger partial charge is 0.308 e. The maximum atomic E-state index is 11.8. The standard InChI is InChI=1S/C13H16ClNO3S2/c14-11-5-4-8(20-11)6-19-7-12(16)15-10-3-1-2-9(10)13(17)18/h4-5,9-10H,1-3,6-7H2,(H,15,16)(H,17,18). The van der Waals surface area contributed by atoms with Crippen molar-refractivity contribution in [2.75, 3.05) is 5.75 Å². The second kappa shape index (κ2) is 7.33. The average Bonchev–Trinajstić information content (AvgIpc) is 2.98. The maximum absolute atomic E-state index is 11.8. The van der Waals surface area contributed by atoms with Crippen LogP contribution in [0.3, 0.4) is 0 Å². The first kappa shape index (κ1) is 15.7. The number of carboxylic acid groups (broad SMARTS) is 1. The third kappa shape index (κ3) is 4.40. The monoisotopic (exact) mass is 333 g/mol. The molecule has 1 aliphatic rings. The van der Waals surface area contributed by atoms with E-state index in [0.29, 0.717) is 12.2 Å². The topological polar surface area (TPSA) is 66.4 Å². The second-order valence-corrected chi connectivity index (χ2v) is 7.53. The Kier molecular flexibility index (Phi) is 5.74. The van der Waals surface area contributed by atoms with Crippen LogP contribution in [0.4, 0.5) is 0 Å². The number of rotatable bonds is 6. The normalized spacial score (nSPS) is 21.9. The van der Waals surface area contributed by atoms with E-state index in [2.05, 4.69) is 5.32 Å². The number of thiophene rings is 1. The van der Waals surface area contributed by atoms with Crippen molar-refractivity contribution in [3.05, 3.63) is 21.3 Å². The molecule has 1 aromatic rings. The number of thioether (sulfide) groups is 1. The minimum atomic E-state index is -0.811. The van der Waals surface area contributed by atoms with Crippen LogP contribution in [0.25, 0.3) is 0 Å². The van der Waals surface area contributed by atoms with Crippen LogP contribution in [0.1, 0.15) is 24.1 Å². The van der Waals surface area contributed by atoms with Crippen molar-refractivity contribution in [2.45, 2.75) is 31.1 Å². The Balaban J connectivity index is 1.71. The molecule has 0 radical (unpaired) electrons. The summed E-state index contributed by atoms with van der Waals surface area (Å²) in [5.41, 5.74) is 0. The van der Waals surface area contributed by atoms with Gasteiger partial charge in [-0.05, 0) is 25.0 Å². The zero-order chi connectivity index (χ0) is 14.5. The number of hydrogen-bond donors (Lipinski definition) is 2. The molecule has 110 valence electrons. The van der Waals surface area contributed by atoms with E-state index in [0.717, 1.165) is 27.8 Å². The first-order valence-electron chi connectivity index (χ1n) is 6.40. The van der Waals surface area contributed by atoms with Crippen LogP contribution in [-0.2, 0) is 15.3 Å². The molecule has 0 saturated heterocycles. The van der Waals surface area contributed by atoms with Crippen molar-refractivity contribution in [2.24, 2.45) is 5.92 Å². The van der Waals surface area contributed by atoms with Gasteiger partial charge in [0.1, 0.15) is 0 Å². The fourth-order valence-corrected chi connectivity index (χ4v) is 4.39. The number of carbonyl (C=O) groups excluding carboxylic acids is 1. The molecule has 2 atom stereocenters. The lowest BCUT2D eigenvalue weighted by Gasteiger charge is -2.17. The summed E-state index contributed by atoms with van der Waals surface area (Å²) >= 11 is 8.86. The van der Waals surface area contributed by atoms with E-state index in [9.17, 15) is 9.59 Å². The fourth-order valence-electron chi connectivity index (χ4n) is 2.35. The molecular formula is C13H16ClNO3S2. The lowest BCUT2D eigenvalue weighted by atomic mass is 10.0. The predicted octanol–water partition coefficient (Wildman–Crippen LogP) is 3.00. The van der Waals surface area contributed by atoms with Crippen molar-refractivity contribution in [1.82, 2.24) is 5.32 Å². The van der Waals surface area contributed by atoms with E-state index in [1.165, 1.54) is 23.1 Å². The molecule has 0 aliphatic heterocycles. The van der Waals surface area contributed by atoms with Crippen molar-refractivity contribution in [1.29, 1.82) is 0 Å². The minimum absolute atomic E-state index is 0.0872. The number of hydrogen-bond acceptors (Lipinski definition) is 4. The van der Waals surface area contributed by atoms with Gasteiger partial charge in [0.2, 0.25) is 5.91 Å². The zero-order valence-corrected chi connectivity index (χ0v) is 13.2. The minimum Gasteiger partial charge on any atom is -0.481 e. The van der Waals surface area contributed by atoms with E-state index in [4.69, 9.17) is 16.7 Å². The summed E-state index contributed by atoms with van der Waals surface area (Å²) in [6, 6.07) is 3.59. The van der Waals surface area contributed by atoms with Gasteiger partial charge in [-0.15, -0.1) is 23.1 Å². The summed E-state index contributed by atoms with van der Waals surface area (Å²) in [5, 5.41) is 11.9. The molecular weight excluding hydrogens is 318 g/mol. The molecule has 4 nitrogen and oxygen atoms in total. The van der Waals surface area contributed by atoms with Crippen LogP contribution >= 0.6 is 34.7 Å². The number of halogens is 1. The van der Waals surface area contributed by atoms with Gasteiger partial charge in [-0.1, -0.05) is 18.0 Å². The highest BCUT2D eigenvalue weighted by Crippen LogP contribution is 2.27. The van der Waals surface area contributed by atoms with Crippen molar-refractivity contribution in [3.8, 4) is 0 Å². The number of carboxylic acids is 1. The van der Waals surface area contributed by atoms with Crippen molar-refractivity contribution in [3.63, 3.8) is 0 Å². The highest BCUT2D eigenvalue weighted by atomic mass is 35.5. The number of aliphatic carboxylic acids is 1. The molecule has 1 aliphatic carbocycles. The molecule has 1 fully saturated rings. The Morgan fingerprint density at radius 3 is 2.90 bits per heavy atom. The Morgan fingerprint density at radius 2 is 2.25 bits per heavy atom. The van der Waals surface area contributed by atoms with Gasteiger partial charge in [0.15, 0.2) is 0 Å². The van der Waals surface area contributed by atoms with Crippen LogP contribution < -0.4 is 5.32 Å². The number of amides is 1. The summed E-state index contributed by atoms with van der Waals surface area (Å²) in [7, 11) is 0. The lowest BCUT2D eigenvalue weighted by molar-refractivity contribution is -0.142. The van der Waals surface area contributed by atoms with E-state index in [1.54, 1.807) is 0 Å². The molecule has 0 bridgehead atoms. The van der Waals surface area contributed by atoms with Crippen molar-refractivity contribution < 1.29 is 14.7 Å². The Bertz CT molecular complexity index is 492.